The highest BCUT2D eigenvalue weighted by Crippen LogP contribution is 2.34. The van der Waals surface area contributed by atoms with Crippen molar-refractivity contribution in [2.24, 2.45) is 0 Å². The molecule has 4 rings (SSSR count). The van der Waals surface area contributed by atoms with Crippen LogP contribution in [-0.4, -0.2) is 36.4 Å². The molecule has 0 saturated carbocycles. The number of nitrogens with one attached hydrogen (secondary N) is 1. The van der Waals surface area contributed by atoms with Crippen molar-refractivity contribution < 1.29 is 23.9 Å². The zero-order chi connectivity index (χ0) is 29.7. The van der Waals surface area contributed by atoms with Gasteiger partial charge in [-0.3, -0.25) is 19.0 Å². The number of nitrogens with zero attached hydrogens (tertiary/aromatic N) is 1. The largest absolute Gasteiger partial charge is 0.495 e. The Balaban J connectivity index is 1.80. The van der Waals surface area contributed by atoms with Gasteiger partial charge in [-0.25, -0.2) is 4.79 Å². The number of halogens is 2. The van der Waals surface area contributed by atoms with Crippen LogP contribution in [0.4, 0.5) is 5.69 Å². The van der Waals surface area contributed by atoms with Gasteiger partial charge in [-0.15, -0.1) is 0 Å². The molecular weight excluding hydrogens is 567 g/mol. The third kappa shape index (κ3) is 6.67. The van der Waals surface area contributed by atoms with Crippen molar-refractivity contribution in [2.75, 3.05) is 19.5 Å². The van der Waals surface area contributed by atoms with Crippen molar-refractivity contribution in [1.82, 2.24) is 4.57 Å². The second-order valence-electron chi connectivity index (χ2n) is 9.12. The maximum Gasteiger partial charge on any atom is 0.337 e. The first-order valence-electron chi connectivity index (χ1n) is 12.5. The highest BCUT2D eigenvalue weighted by molar-refractivity contribution is 6.31. The molecule has 0 aliphatic rings. The van der Waals surface area contributed by atoms with Crippen LogP contribution in [0.2, 0.25) is 10.0 Å². The average molecular weight is 593 g/mol. The number of carbonyl (C=O) groups excluding carboxylic acids is 3. The summed E-state index contributed by atoms with van der Waals surface area (Å²) in [4.78, 5) is 51.4. The van der Waals surface area contributed by atoms with E-state index in [-0.39, 0.29) is 18.0 Å². The summed E-state index contributed by atoms with van der Waals surface area (Å²) in [5.74, 6) is -0.962. The van der Waals surface area contributed by atoms with Crippen molar-refractivity contribution in [3.8, 4) is 16.9 Å². The third-order valence-corrected chi connectivity index (χ3v) is 7.10. The van der Waals surface area contributed by atoms with Crippen LogP contribution in [0.1, 0.15) is 39.2 Å². The molecule has 0 radical (unpaired) electrons. The molecule has 0 aliphatic carbocycles. The molecule has 1 atom stereocenters. The fraction of sp³-hybridized carbons (Fsp3) is 0.161. The molecule has 0 bridgehead atoms. The van der Waals surface area contributed by atoms with E-state index >= 15 is 0 Å². The normalized spacial score (nSPS) is 11.4. The molecule has 10 heteroatoms. The number of Topliss-reactive ketones (excluding diaryl/α,β-unsaturated/α-hetero) is 1. The first-order chi connectivity index (χ1) is 19.6. The predicted molar refractivity (Wildman–Crippen MR) is 158 cm³/mol. The van der Waals surface area contributed by atoms with Gasteiger partial charge in [0.05, 0.1) is 26.0 Å². The minimum absolute atomic E-state index is 0.0873. The van der Waals surface area contributed by atoms with Gasteiger partial charge in [0.15, 0.2) is 5.78 Å². The van der Waals surface area contributed by atoms with Gasteiger partial charge in [-0.2, -0.15) is 0 Å². The monoisotopic (exact) mass is 592 g/mol. The van der Waals surface area contributed by atoms with Crippen molar-refractivity contribution in [2.45, 2.75) is 19.4 Å². The van der Waals surface area contributed by atoms with Crippen LogP contribution in [0, 0.1) is 0 Å². The van der Waals surface area contributed by atoms with Crippen LogP contribution in [0.25, 0.3) is 11.1 Å². The molecule has 0 saturated heterocycles. The Morgan fingerprint density at radius 3 is 2.27 bits per heavy atom. The molecule has 0 spiro atoms. The first-order valence-corrected chi connectivity index (χ1v) is 13.2. The number of esters is 1. The summed E-state index contributed by atoms with van der Waals surface area (Å²) in [5.41, 5.74) is 2.03. The first kappa shape index (κ1) is 29.6. The number of benzene rings is 3. The van der Waals surface area contributed by atoms with Crippen molar-refractivity contribution >= 4 is 46.5 Å². The topological polar surface area (TPSA) is 104 Å². The van der Waals surface area contributed by atoms with Crippen LogP contribution in [0.15, 0.2) is 83.8 Å². The fourth-order valence-corrected chi connectivity index (χ4v) is 4.80. The van der Waals surface area contributed by atoms with Gasteiger partial charge in [0, 0.05) is 39.3 Å². The molecule has 0 aliphatic heterocycles. The second-order valence-corrected chi connectivity index (χ2v) is 9.96. The third-order valence-electron chi connectivity index (χ3n) is 6.50. The van der Waals surface area contributed by atoms with Gasteiger partial charge in [-0.05, 0) is 66.6 Å². The van der Waals surface area contributed by atoms with E-state index in [9.17, 15) is 19.2 Å². The molecule has 0 fully saturated rings. The maximum atomic E-state index is 13.7. The molecule has 1 N–H and O–H groups in total. The number of pyridine rings is 1. The Hall–Kier alpha value is -4.40. The predicted octanol–water partition coefficient (Wildman–Crippen LogP) is 6.24. The molecule has 3 aromatic carbocycles. The number of rotatable bonds is 9. The lowest BCUT2D eigenvalue weighted by atomic mass is 9.97. The summed E-state index contributed by atoms with van der Waals surface area (Å²) >= 11 is 12.6. The van der Waals surface area contributed by atoms with Crippen LogP contribution in [-0.2, 0) is 16.0 Å². The highest BCUT2D eigenvalue weighted by Gasteiger charge is 2.26. The highest BCUT2D eigenvalue weighted by atomic mass is 35.5. The molecular formula is C31H26Cl2N2O6. The Morgan fingerprint density at radius 2 is 1.63 bits per heavy atom. The average Bonchev–Trinajstić information content (AvgIpc) is 2.96. The van der Waals surface area contributed by atoms with Gasteiger partial charge in [-0.1, -0.05) is 41.4 Å². The summed E-state index contributed by atoms with van der Waals surface area (Å²) in [7, 11) is 2.71. The summed E-state index contributed by atoms with van der Waals surface area (Å²) in [6.45, 7) is 1.42. The van der Waals surface area contributed by atoms with Crippen LogP contribution >= 0.6 is 23.2 Å². The van der Waals surface area contributed by atoms with Crippen molar-refractivity contribution in [3.63, 3.8) is 0 Å². The Kier molecular flexibility index (Phi) is 9.27. The number of carbonyl (C=O) groups is 3. The van der Waals surface area contributed by atoms with Gasteiger partial charge in [0.2, 0.25) is 5.91 Å². The number of aromatic nitrogens is 1. The van der Waals surface area contributed by atoms with E-state index in [1.165, 1.54) is 50.1 Å². The molecule has 1 unspecified atom stereocenters. The smallest absolute Gasteiger partial charge is 0.337 e. The van der Waals surface area contributed by atoms with E-state index in [4.69, 9.17) is 32.7 Å². The van der Waals surface area contributed by atoms with E-state index in [1.807, 2.05) is 0 Å². The Morgan fingerprint density at radius 1 is 0.927 bits per heavy atom. The molecule has 210 valence electrons. The lowest BCUT2D eigenvalue weighted by Gasteiger charge is -2.22. The number of amides is 1. The summed E-state index contributed by atoms with van der Waals surface area (Å²) in [6.07, 6.45) is 1.52. The summed E-state index contributed by atoms with van der Waals surface area (Å²) in [5, 5.41) is 3.63. The number of hydrogen-bond acceptors (Lipinski definition) is 6. The van der Waals surface area contributed by atoms with E-state index in [0.29, 0.717) is 43.5 Å². The SMILES string of the molecule is COC(=O)c1ccc(NC(=O)C(Cc2ccccc2Cl)n2cc(OC)c(-c3cc(Cl)ccc3C(C)=O)cc2=O)cc1. The lowest BCUT2D eigenvalue weighted by molar-refractivity contribution is -0.119. The molecule has 41 heavy (non-hydrogen) atoms. The molecule has 1 aromatic heterocycles. The molecule has 8 nitrogen and oxygen atoms in total. The zero-order valence-corrected chi connectivity index (χ0v) is 24.0. The van der Waals surface area contributed by atoms with Crippen molar-refractivity contribution in [1.29, 1.82) is 0 Å². The van der Waals surface area contributed by atoms with E-state index < -0.39 is 23.5 Å². The van der Waals surface area contributed by atoms with Gasteiger partial charge < -0.3 is 14.8 Å². The van der Waals surface area contributed by atoms with E-state index in [0.717, 1.165) is 0 Å². The molecule has 4 aromatic rings. The van der Waals surface area contributed by atoms with E-state index in [2.05, 4.69) is 5.32 Å². The minimum atomic E-state index is -1.04. The van der Waals surface area contributed by atoms with Gasteiger partial charge >= 0.3 is 5.97 Å². The van der Waals surface area contributed by atoms with Gasteiger partial charge in [0.25, 0.3) is 5.56 Å². The number of hydrogen-bond donors (Lipinski definition) is 1. The molecule has 1 heterocycles. The second kappa shape index (κ2) is 12.8. The minimum Gasteiger partial charge on any atom is -0.495 e. The van der Waals surface area contributed by atoms with Gasteiger partial charge in [0.1, 0.15) is 11.8 Å². The Bertz CT molecular complexity index is 1680. The number of anilines is 1. The van der Waals surface area contributed by atoms with Crippen LogP contribution < -0.4 is 15.6 Å². The summed E-state index contributed by atoms with van der Waals surface area (Å²) in [6, 6.07) is 18.2. The van der Waals surface area contributed by atoms with Crippen LogP contribution in [0.3, 0.4) is 0 Å². The quantitative estimate of drug-likeness (QED) is 0.182. The Labute approximate surface area is 246 Å². The van der Waals surface area contributed by atoms with Crippen LogP contribution in [0.5, 0.6) is 5.75 Å². The van der Waals surface area contributed by atoms with Crippen molar-refractivity contribution in [3.05, 3.63) is 116 Å². The fourth-order valence-electron chi connectivity index (χ4n) is 4.41. The molecule has 1 amide bonds. The zero-order valence-electron chi connectivity index (χ0n) is 22.4. The lowest BCUT2D eigenvalue weighted by Crippen LogP contribution is -2.34. The number of ether oxygens (including phenoxy) is 2. The number of methoxy groups -OCH3 is 2. The van der Waals surface area contributed by atoms with E-state index in [1.54, 1.807) is 54.6 Å². The maximum absolute atomic E-state index is 13.7. The number of ketones is 1. The summed E-state index contributed by atoms with van der Waals surface area (Å²) < 4.78 is 11.6. The standard InChI is InChI=1S/C31H26Cl2N2O6/c1-18(36)23-13-10-21(32)15-24(23)25-16-29(37)35(17-28(25)40-2)27(14-20-6-4-5-7-26(20)33)30(38)34-22-11-8-19(9-12-22)31(39)41-3/h4-13,15-17,27H,14H2,1-3H3,(H,34,38).